The molecule has 86 valence electrons. The maximum Gasteiger partial charge on any atom is 0.217 e. The van der Waals surface area contributed by atoms with E-state index >= 15 is 0 Å². The number of nitrogens with one attached hydrogen (secondary N) is 1. The highest BCUT2D eigenvalue weighted by Gasteiger charge is 2.09. The van der Waals surface area contributed by atoms with Crippen molar-refractivity contribution in [2.75, 3.05) is 0 Å². The summed E-state index contributed by atoms with van der Waals surface area (Å²) < 4.78 is 0. The van der Waals surface area contributed by atoms with E-state index in [1.165, 1.54) is 6.92 Å². The third kappa shape index (κ3) is 3.82. The first-order valence-corrected chi connectivity index (χ1v) is 5.06. The number of carbonyl (C=O) groups is 2. The van der Waals surface area contributed by atoms with Gasteiger partial charge in [-0.2, -0.15) is 0 Å². The third-order valence-corrected chi connectivity index (χ3v) is 2.21. The first-order chi connectivity index (χ1) is 7.65. The molecule has 0 heterocycles. The Morgan fingerprint density at radius 2 is 1.94 bits per heavy atom. The topological polar surface area (TPSA) is 66.4 Å². The lowest BCUT2D eigenvalue weighted by Crippen LogP contribution is -2.35. The van der Waals surface area contributed by atoms with Crippen LogP contribution in [0.15, 0.2) is 24.3 Å². The van der Waals surface area contributed by atoms with Gasteiger partial charge in [-0.05, 0) is 17.5 Å². The van der Waals surface area contributed by atoms with Crippen LogP contribution in [0.2, 0.25) is 0 Å². The Morgan fingerprint density at radius 3 is 2.38 bits per heavy atom. The summed E-state index contributed by atoms with van der Waals surface area (Å²) in [5, 5.41) is 11.4. The molecule has 0 aliphatic carbocycles. The number of benzene rings is 1. The minimum atomic E-state index is -0.488. The lowest BCUT2D eigenvalue weighted by molar-refractivity contribution is -0.122. The summed E-state index contributed by atoms with van der Waals surface area (Å²) in [6.45, 7) is 1.38. The molecule has 1 aromatic carbocycles. The van der Waals surface area contributed by atoms with E-state index in [0.29, 0.717) is 6.42 Å². The molecule has 2 N–H and O–H groups in total. The molecular weight excluding hydrogens is 206 g/mol. The Labute approximate surface area is 94.3 Å². The van der Waals surface area contributed by atoms with Crippen molar-refractivity contribution in [2.45, 2.75) is 26.0 Å². The summed E-state index contributed by atoms with van der Waals surface area (Å²) in [5.74, 6) is -0.218. The van der Waals surface area contributed by atoms with Gasteiger partial charge >= 0.3 is 0 Å². The molecule has 16 heavy (non-hydrogen) atoms. The predicted octanol–water partition coefficient (Wildman–Crippen LogP) is 0.425. The van der Waals surface area contributed by atoms with Crippen LogP contribution >= 0.6 is 0 Å². The molecule has 0 bridgehead atoms. The van der Waals surface area contributed by atoms with Crippen LogP contribution in [-0.2, 0) is 22.6 Å². The number of aliphatic hydroxyl groups is 1. The second-order valence-corrected chi connectivity index (χ2v) is 3.62. The van der Waals surface area contributed by atoms with E-state index < -0.39 is 6.04 Å². The minimum absolute atomic E-state index is 0.00306. The lowest BCUT2D eigenvalue weighted by atomic mass is 10.1. The number of hydrogen-bond acceptors (Lipinski definition) is 3. The Kier molecular flexibility index (Phi) is 4.66. The van der Waals surface area contributed by atoms with E-state index in [1.54, 1.807) is 12.1 Å². The van der Waals surface area contributed by atoms with Gasteiger partial charge in [-0.25, -0.2) is 0 Å². The summed E-state index contributed by atoms with van der Waals surface area (Å²) in [5.41, 5.74) is 1.77. The molecular formula is C12H15NO3. The molecule has 1 aromatic rings. The largest absolute Gasteiger partial charge is 0.392 e. The average molecular weight is 221 g/mol. The van der Waals surface area contributed by atoms with Crippen LogP contribution in [0.5, 0.6) is 0 Å². The van der Waals surface area contributed by atoms with Gasteiger partial charge in [0, 0.05) is 6.92 Å². The molecule has 0 saturated carbocycles. The van der Waals surface area contributed by atoms with E-state index in [1.807, 2.05) is 12.1 Å². The van der Waals surface area contributed by atoms with Crippen molar-refractivity contribution in [3.63, 3.8) is 0 Å². The fraction of sp³-hybridized carbons (Fsp3) is 0.333. The smallest absolute Gasteiger partial charge is 0.217 e. The quantitative estimate of drug-likeness (QED) is 0.708. The molecule has 0 aliphatic rings. The highest BCUT2D eigenvalue weighted by Crippen LogP contribution is 2.06. The minimum Gasteiger partial charge on any atom is -0.392 e. The normalized spacial score (nSPS) is 11.9. The number of aldehydes is 1. The monoisotopic (exact) mass is 221 g/mol. The van der Waals surface area contributed by atoms with Crippen LogP contribution in [0.1, 0.15) is 18.1 Å². The van der Waals surface area contributed by atoms with Crippen LogP contribution in [0.3, 0.4) is 0 Å². The van der Waals surface area contributed by atoms with E-state index in [-0.39, 0.29) is 12.5 Å². The fourth-order valence-electron chi connectivity index (χ4n) is 1.43. The first kappa shape index (κ1) is 12.4. The molecule has 0 fully saturated rings. The molecule has 0 saturated heterocycles. The van der Waals surface area contributed by atoms with E-state index in [0.717, 1.165) is 17.4 Å². The van der Waals surface area contributed by atoms with Crippen molar-refractivity contribution in [3.05, 3.63) is 35.4 Å². The zero-order chi connectivity index (χ0) is 12.0. The summed E-state index contributed by atoms with van der Waals surface area (Å²) in [4.78, 5) is 21.5. The summed E-state index contributed by atoms with van der Waals surface area (Å²) in [6, 6.07) is 6.78. The zero-order valence-corrected chi connectivity index (χ0v) is 9.14. The lowest BCUT2D eigenvalue weighted by Gasteiger charge is -2.11. The van der Waals surface area contributed by atoms with Crippen molar-refractivity contribution in [3.8, 4) is 0 Å². The highest BCUT2D eigenvalue weighted by molar-refractivity contribution is 5.77. The molecule has 0 radical (unpaired) electrons. The molecule has 1 rings (SSSR count). The Hall–Kier alpha value is -1.68. The molecule has 0 unspecified atom stereocenters. The average Bonchev–Trinajstić information content (AvgIpc) is 2.28. The highest BCUT2D eigenvalue weighted by atomic mass is 16.3. The van der Waals surface area contributed by atoms with Crippen molar-refractivity contribution in [1.29, 1.82) is 0 Å². The van der Waals surface area contributed by atoms with Gasteiger partial charge in [-0.1, -0.05) is 24.3 Å². The van der Waals surface area contributed by atoms with Crippen LogP contribution in [0.25, 0.3) is 0 Å². The molecule has 0 aromatic heterocycles. The van der Waals surface area contributed by atoms with Gasteiger partial charge in [0.05, 0.1) is 12.6 Å². The third-order valence-electron chi connectivity index (χ3n) is 2.21. The number of carbonyl (C=O) groups excluding carboxylic acids is 2. The zero-order valence-electron chi connectivity index (χ0n) is 9.14. The van der Waals surface area contributed by atoms with Gasteiger partial charge in [0.25, 0.3) is 0 Å². The van der Waals surface area contributed by atoms with Crippen LogP contribution in [-0.4, -0.2) is 23.3 Å². The predicted molar refractivity (Wildman–Crippen MR) is 59.7 cm³/mol. The molecule has 4 heteroatoms. The second-order valence-electron chi connectivity index (χ2n) is 3.62. The molecule has 1 amide bonds. The SMILES string of the molecule is CC(=O)N[C@@H](C=O)Cc1ccc(CO)cc1. The first-order valence-electron chi connectivity index (χ1n) is 5.06. The van der Waals surface area contributed by atoms with Gasteiger partial charge in [0.15, 0.2) is 0 Å². The van der Waals surface area contributed by atoms with Gasteiger partial charge in [-0.15, -0.1) is 0 Å². The van der Waals surface area contributed by atoms with Gasteiger partial charge in [-0.3, -0.25) is 4.79 Å². The van der Waals surface area contributed by atoms with Gasteiger partial charge < -0.3 is 15.2 Å². The molecule has 1 atom stereocenters. The van der Waals surface area contributed by atoms with Crippen LogP contribution in [0, 0.1) is 0 Å². The standard InChI is InChI=1S/C12H15NO3/c1-9(16)13-12(8-15)6-10-2-4-11(7-14)5-3-10/h2-5,8,12,14H,6-7H2,1H3,(H,13,16)/t12-/m1/s1. The number of amides is 1. The summed E-state index contributed by atoms with van der Waals surface area (Å²) >= 11 is 0. The Bertz CT molecular complexity index is 359. The second kappa shape index (κ2) is 6.02. The van der Waals surface area contributed by atoms with Gasteiger partial charge in [0.1, 0.15) is 6.29 Å². The number of hydrogen-bond donors (Lipinski definition) is 2. The van der Waals surface area contributed by atoms with Crippen molar-refractivity contribution < 1.29 is 14.7 Å². The van der Waals surface area contributed by atoms with Crippen molar-refractivity contribution in [1.82, 2.24) is 5.32 Å². The Balaban J connectivity index is 2.63. The van der Waals surface area contributed by atoms with Gasteiger partial charge in [0.2, 0.25) is 5.91 Å². The van der Waals surface area contributed by atoms with Crippen molar-refractivity contribution in [2.24, 2.45) is 0 Å². The maximum absolute atomic E-state index is 10.8. The van der Waals surface area contributed by atoms with E-state index in [2.05, 4.69) is 5.32 Å². The number of aliphatic hydroxyl groups excluding tert-OH is 1. The van der Waals surface area contributed by atoms with E-state index in [9.17, 15) is 9.59 Å². The molecule has 4 nitrogen and oxygen atoms in total. The maximum atomic E-state index is 10.8. The van der Waals surface area contributed by atoms with E-state index in [4.69, 9.17) is 5.11 Å². The molecule has 0 spiro atoms. The fourth-order valence-corrected chi connectivity index (χ4v) is 1.43. The van der Waals surface area contributed by atoms with Crippen molar-refractivity contribution >= 4 is 12.2 Å². The molecule has 0 aliphatic heterocycles. The summed E-state index contributed by atoms with van der Waals surface area (Å²) in [6.07, 6.45) is 1.19. The Morgan fingerprint density at radius 1 is 1.38 bits per heavy atom. The van der Waals surface area contributed by atoms with Crippen LogP contribution < -0.4 is 5.32 Å². The number of rotatable bonds is 5. The summed E-state index contributed by atoms with van der Waals surface area (Å²) in [7, 11) is 0. The van der Waals surface area contributed by atoms with Crippen LogP contribution in [0.4, 0.5) is 0 Å².